The zero-order chi connectivity index (χ0) is 22.4. The van der Waals surface area contributed by atoms with Gasteiger partial charge < -0.3 is 19.5 Å². The first-order chi connectivity index (χ1) is 15.4. The number of nitrogens with zero attached hydrogens (tertiary/aromatic N) is 4. The third-order valence-electron chi connectivity index (χ3n) is 6.22. The molecule has 1 aliphatic carbocycles. The lowest BCUT2D eigenvalue weighted by Crippen LogP contribution is -2.19. The van der Waals surface area contributed by atoms with Crippen molar-refractivity contribution in [2.45, 2.75) is 45.1 Å². The molecule has 1 aromatic carbocycles. The Labute approximate surface area is 184 Å². The van der Waals surface area contributed by atoms with Gasteiger partial charge in [0.25, 0.3) is 11.5 Å². The number of fused-ring (bicyclic) bond motifs is 1. The number of rotatable bonds is 4. The van der Waals surface area contributed by atoms with Gasteiger partial charge in [-0.2, -0.15) is 4.98 Å². The average Bonchev–Trinajstić information content (AvgIpc) is 3.41. The molecular formula is C24H25N5O3. The lowest BCUT2D eigenvalue weighted by molar-refractivity contribution is 0.179. The first-order valence-electron chi connectivity index (χ1n) is 10.7. The molecular weight excluding hydrogens is 406 g/mol. The predicted octanol–water partition coefficient (Wildman–Crippen LogP) is 3.97. The van der Waals surface area contributed by atoms with Crippen molar-refractivity contribution >= 4 is 22.5 Å². The number of hydrogen-bond donors (Lipinski definition) is 2. The molecule has 0 aliphatic heterocycles. The number of aryl methyl sites for hydroxylation is 3. The van der Waals surface area contributed by atoms with E-state index in [9.17, 15) is 9.90 Å². The summed E-state index contributed by atoms with van der Waals surface area (Å²) in [4.78, 5) is 22.0. The summed E-state index contributed by atoms with van der Waals surface area (Å²) in [6.07, 6.45) is 3.75. The number of aliphatic hydroxyl groups excluding tert-OH is 1. The number of hydrogen-bond acceptors (Lipinski definition) is 7. The van der Waals surface area contributed by atoms with Crippen LogP contribution in [0.4, 0.5) is 11.6 Å². The first-order valence-corrected chi connectivity index (χ1v) is 10.7. The molecule has 0 amide bonds. The van der Waals surface area contributed by atoms with E-state index in [1.807, 2.05) is 44.2 Å². The molecule has 5 rings (SSSR count). The van der Waals surface area contributed by atoms with Crippen LogP contribution in [0.1, 0.15) is 42.3 Å². The van der Waals surface area contributed by atoms with Gasteiger partial charge in [-0.1, -0.05) is 6.07 Å². The Morgan fingerprint density at radius 1 is 1.16 bits per heavy atom. The summed E-state index contributed by atoms with van der Waals surface area (Å²) in [7, 11) is 1.78. The Hall–Kier alpha value is -3.52. The summed E-state index contributed by atoms with van der Waals surface area (Å²) in [5, 5.41) is 17.9. The zero-order valence-corrected chi connectivity index (χ0v) is 18.3. The second-order valence-corrected chi connectivity index (χ2v) is 8.58. The van der Waals surface area contributed by atoms with E-state index in [2.05, 4.69) is 20.4 Å². The molecule has 3 heterocycles. The fourth-order valence-corrected chi connectivity index (χ4v) is 4.41. The highest BCUT2D eigenvalue weighted by Gasteiger charge is 2.28. The van der Waals surface area contributed by atoms with Gasteiger partial charge in [-0.15, -0.1) is 0 Å². The van der Waals surface area contributed by atoms with Crippen molar-refractivity contribution in [1.29, 1.82) is 0 Å². The van der Waals surface area contributed by atoms with Crippen LogP contribution in [0, 0.1) is 13.8 Å². The summed E-state index contributed by atoms with van der Waals surface area (Å²) >= 11 is 0. The Morgan fingerprint density at radius 2 is 2.00 bits per heavy atom. The topological polar surface area (TPSA) is 106 Å². The van der Waals surface area contributed by atoms with Gasteiger partial charge in [0, 0.05) is 41.5 Å². The largest absolute Gasteiger partial charge is 0.393 e. The van der Waals surface area contributed by atoms with Crippen LogP contribution in [0.25, 0.3) is 22.0 Å². The minimum absolute atomic E-state index is 0.0648. The molecule has 8 nitrogen and oxygen atoms in total. The highest BCUT2D eigenvalue weighted by Crippen LogP contribution is 2.34. The molecule has 8 heteroatoms. The molecule has 0 saturated heterocycles. The van der Waals surface area contributed by atoms with E-state index in [1.54, 1.807) is 17.8 Å². The molecule has 2 unspecified atom stereocenters. The van der Waals surface area contributed by atoms with Crippen LogP contribution in [-0.4, -0.2) is 30.9 Å². The molecule has 1 fully saturated rings. The second kappa shape index (κ2) is 7.87. The third kappa shape index (κ3) is 3.67. The van der Waals surface area contributed by atoms with Crippen LogP contribution in [0.15, 0.2) is 45.8 Å². The molecule has 0 radical (unpaired) electrons. The van der Waals surface area contributed by atoms with Crippen LogP contribution >= 0.6 is 0 Å². The molecule has 164 valence electrons. The van der Waals surface area contributed by atoms with Gasteiger partial charge in [0.05, 0.1) is 11.6 Å². The second-order valence-electron chi connectivity index (χ2n) is 8.58. The van der Waals surface area contributed by atoms with Gasteiger partial charge in [-0.3, -0.25) is 9.78 Å². The van der Waals surface area contributed by atoms with Crippen LogP contribution in [0.5, 0.6) is 0 Å². The summed E-state index contributed by atoms with van der Waals surface area (Å²) in [5.74, 6) is 1.00. The van der Waals surface area contributed by atoms with Crippen molar-refractivity contribution in [2.75, 3.05) is 5.32 Å². The van der Waals surface area contributed by atoms with Crippen molar-refractivity contribution < 1.29 is 9.63 Å². The molecule has 3 aromatic heterocycles. The van der Waals surface area contributed by atoms with Gasteiger partial charge in [-0.25, -0.2) is 0 Å². The van der Waals surface area contributed by atoms with Crippen molar-refractivity contribution in [3.63, 3.8) is 0 Å². The van der Waals surface area contributed by atoms with Crippen molar-refractivity contribution in [3.05, 3.63) is 64.0 Å². The Kier molecular flexibility index (Phi) is 5.01. The van der Waals surface area contributed by atoms with E-state index in [-0.39, 0.29) is 17.6 Å². The van der Waals surface area contributed by atoms with Crippen molar-refractivity contribution in [2.24, 2.45) is 7.05 Å². The van der Waals surface area contributed by atoms with Gasteiger partial charge in [-0.05, 0) is 73.7 Å². The Balaban J connectivity index is 1.49. The number of nitrogens with one attached hydrogen (secondary N) is 1. The van der Waals surface area contributed by atoms with Crippen LogP contribution in [0.2, 0.25) is 0 Å². The third-order valence-corrected chi connectivity index (χ3v) is 6.22. The summed E-state index contributed by atoms with van der Waals surface area (Å²) in [6.45, 7) is 3.89. The molecule has 4 aromatic rings. The number of benzene rings is 1. The minimum atomic E-state index is -0.299. The fraction of sp³-hybridized carbons (Fsp3) is 0.333. The smallest absolute Gasteiger partial charge is 0.267 e. The number of aromatic nitrogens is 4. The van der Waals surface area contributed by atoms with E-state index in [4.69, 9.17) is 4.52 Å². The van der Waals surface area contributed by atoms with Crippen molar-refractivity contribution in [3.8, 4) is 11.1 Å². The minimum Gasteiger partial charge on any atom is -0.393 e. The Morgan fingerprint density at radius 3 is 2.78 bits per heavy atom. The lowest BCUT2D eigenvalue weighted by Gasteiger charge is -2.12. The van der Waals surface area contributed by atoms with E-state index in [0.717, 1.165) is 46.3 Å². The molecule has 2 atom stereocenters. The van der Waals surface area contributed by atoms with Gasteiger partial charge in [0.15, 0.2) is 0 Å². The van der Waals surface area contributed by atoms with Gasteiger partial charge in [0.1, 0.15) is 0 Å². The summed E-state index contributed by atoms with van der Waals surface area (Å²) < 4.78 is 7.07. The standard InChI is InChI=1S/C24H25N5O3/c1-13-4-6-17(26-24-27-22(32-28-24)15-5-7-18(30)9-15)11-19(13)20-10-16-12-25-14(2)8-21(16)29(3)23(20)31/h4,6,8,10-12,15,18,30H,5,7,9H2,1-3H3,(H,26,28). The normalized spacial score (nSPS) is 18.4. The lowest BCUT2D eigenvalue weighted by atomic mass is 9.99. The number of anilines is 2. The fourth-order valence-electron chi connectivity index (χ4n) is 4.41. The summed E-state index contributed by atoms with van der Waals surface area (Å²) in [5.41, 5.74) is 4.85. The van der Waals surface area contributed by atoms with Crippen molar-refractivity contribution in [1.82, 2.24) is 19.7 Å². The molecule has 2 N–H and O–H groups in total. The quantitative estimate of drug-likeness (QED) is 0.503. The number of aliphatic hydroxyl groups is 1. The van der Waals surface area contributed by atoms with E-state index in [1.165, 1.54) is 0 Å². The first kappa shape index (κ1) is 20.4. The van der Waals surface area contributed by atoms with E-state index in [0.29, 0.717) is 23.8 Å². The molecule has 0 spiro atoms. The monoisotopic (exact) mass is 431 g/mol. The summed E-state index contributed by atoms with van der Waals surface area (Å²) in [6, 6.07) is 9.62. The molecule has 1 saturated carbocycles. The highest BCUT2D eigenvalue weighted by molar-refractivity contribution is 5.85. The van der Waals surface area contributed by atoms with Crippen LogP contribution < -0.4 is 10.9 Å². The molecule has 32 heavy (non-hydrogen) atoms. The highest BCUT2D eigenvalue weighted by atomic mass is 16.5. The average molecular weight is 431 g/mol. The maximum absolute atomic E-state index is 13.2. The SMILES string of the molecule is Cc1cc2c(cn1)cc(-c1cc(Nc3noc(C4CCC(O)C4)n3)ccc1C)c(=O)n2C. The van der Waals surface area contributed by atoms with Crippen LogP contribution in [-0.2, 0) is 7.05 Å². The molecule has 0 bridgehead atoms. The van der Waals surface area contributed by atoms with E-state index < -0.39 is 0 Å². The maximum Gasteiger partial charge on any atom is 0.267 e. The van der Waals surface area contributed by atoms with E-state index >= 15 is 0 Å². The molecule has 1 aliphatic rings. The predicted molar refractivity (Wildman–Crippen MR) is 122 cm³/mol. The van der Waals surface area contributed by atoms with Gasteiger partial charge >= 0.3 is 0 Å². The number of pyridine rings is 2. The van der Waals surface area contributed by atoms with Crippen LogP contribution in [0.3, 0.4) is 0 Å². The Bertz CT molecular complexity index is 1370. The van der Waals surface area contributed by atoms with Gasteiger partial charge in [0.2, 0.25) is 5.89 Å². The zero-order valence-electron chi connectivity index (χ0n) is 18.3. The maximum atomic E-state index is 13.2.